The number of ether oxygens (including phenoxy) is 1. The van der Waals surface area contributed by atoms with Gasteiger partial charge < -0.3 is 15.4 Å². The van der Waals surface area contributed by atoms with E-state index in [1.165, 1.54) is 7.11 Å². The Hall–Kier alpha value is -0.810. The average molecular weight is 321 g/mol. The number of rotatable bonds is 7. The van der Waals surface area contributed by atoms with Crippen LogP contribution in [0.15, 0.2) is 0 Å². The molecule has 2 N–H and O–H groups in total. The molecule has 0 aromatic rings. The molecule has 1 fully saturated rings. The fourth-order valence-corrected chi connectivity index (χ4v) is 2.60. The Kier molecular flexibility index (Phi) is 10.4. The molecule has 21 heavy (non-hydrogen) atoms. The summed E-state index contributed by atoms with van der Waals surface area (Å²) < 4.78 is 4.75. The number of methoxy groups -OCH3 is 1. The van der Waals surface area contributed by atoms with Crippen LogP contribution in [0.1, 0.15) is 46.0 Å². The van der Waals surface area contributed by atoms with Gasteiger partial charge in [-0.15, -0.1) is 12.4 Å². The van der Waals surface area contributed by atoms with E-state index in [2.05, 4.69) is 10.6 Å². The molecule has 0 aromatic heterocycles. The van der Waals surface area contributed by atoms with Crippen molar-refractivity contribution in [2.45, 2.75) is 52.0 Å². The summed E-state index contributed by atoms with van der Waals surface area (Å²) in [6, 6.07) is -0.513. The molecule has 5 nitrogen and oxygen atoms in total. The smallest absolute Gasteiger partial charge is 0.328 e. The minimum absolute atomic E-state index is 0. The van der Waals surface area contributed by atoms with E-state index in [4.69, 9.17) is 4.74 Å². The number of hydrogen-bond donors (Lipinski definition) is 2. The Morgan fingerprint density at radius 2 is 1.90 bits per heavy atom. The molecule has 0 spiro atoms. The number of carbonyl (C=O) groups excluding carboxylic acids is 2. The summed E-state index contributed by atoms with van der Waals surface area (Å²) in [7, 11) is 1.36. The Morgan fingerprint density at radius 3 is 2.43 bits per heavy atom. The van der Waals surface area contributed by atoms with E-state index < -0.39 is 6.04 Å². The second-order valence-electron chi connectivity index (χ2n) is 6.00. The van der Waals surface area contributed by atoms with Gasteiger partial charge in [0, 0.05) is 6.42 Å². The van der Waals surface area contributed by atoms with Gasteiger partial charge >= 0.3 is 5.97 Å². The first-order valence-corrected chi connectivity index (χ1v) is 7.60. The number of piperidine rings is 1. The molecule has 124 valence electrons. The van der Waals surface area contributed by atoms with Gasteiger partial charge in [-0.2, -0.15) is 0 Å². The fourth-order valence-electron chi connectivity index (χ4n) is 2.60. The predicted molar refractivity (Wildman–Crippen MR) is 85.5 cm³/mol. The van der Waals surface area contributed by atoms with Crippen molar-refractivity contribution < 1.29 is 14.3 Å². The molecule has 1 rings (SSSR count). The van der Waals surface area contributed by atoms with Crippen molar-refractivity contribution in [3.63, 3.8) is 0 Å². The van der Waals surface area contributed by atoms with Crippen LogP contribution in [-0.4, -0.2) is 38.1 Å². The number of nitrogens with one attached hydrogen (secondary N) is 2. The zero-order valence-electron chi connectivity index (χ0n) is 13.3. The molecule has 1 atom stereocenters. The molecule has 1 aliphatic heterocycles. The zero-order valence-corrected chi connectivity index (χ0v) is 14.1. The second-order valence-corrected chi connectivity index (χ2v) is 6.00. The highest BCUT2D eigenvalue weighted by Gasteiger charge is 2.23. The van der Waals surface area contributed by atoms with Gasteiger partial charge in [0.1, 0.15) is 6.04 Å². The predicted octanol–water partition coefficient (Wildman–Crippen LogP) is 1.89. The van der Waals surface area contributed by atoms with Gasteiger partial charge in [0.15, 0.2) is 0 Å². The lowest BCUT2D eigenvalue weighted by Crippen LogP contribution is -2.42. The van der Waals surface area contributed by atoms with Gasteiger partial charge in [0.05, 0.1) is 7.11 Å². The van der Waals surface area contributed by atoms with Crippen molar-refractivity contribution in [3.8, 4) is 0 Å². The van der Waals surface area contributed by atoms with Crippen LogP contribution in [0.25, 0.3) is 0 Å². The molecule has 0 radical (unpaired) electrons. The number of amides is 1. The Balaban J connectivity index is 0.00000400. The molecule has 0 bridgehead atoms. The van der Waals surface area contributed by atoms with Crippen LogP contribution in [0.3, 0.4) is 0 Å². The highest BCUT2D eigenvalue weighted by molar-refractivity contribution is 5.85. The Bertz CT molecular complexity index is 318. The molecular weight excluding hydrogens is 292 g/mol. The minimum Gasteiger partial charge on any atom is -0.467 e. The van der Waals surface area contributed by atoms with Crippen molar-refractivity contribution in [3.05, 3.63) is 0 Å². The van der Waals surface area contributed by atoms with Crippen molar-refractivity contribution in [1.82, 2.24) is 10.6 Å². The van der Waals surface area contributed by atoms with Crippen LogP contribution in [0.2, 0.25) is 0 Å². The second kappa shape index (κ2) is 10.9. The van der Waals surface area contributed by atoms with Crippen LogP contribution >= 0.6 is 12.4 Å². The highest BCUT2D eigenvalue weighted by Crippen LogP contribution is 2.17. The zero-order chi connectivity index (χ0) is 15.0. The van der Waals surface area contributed by atoms with Gasteiger partial charge in [-0.3, -0.25) is 4.79 Å². The molecule has 1 unspecified atom stereocenters. The van der Waals surface area contributed by atoms with E-state index >= 15 is 0 Å². The summed E-state index contributed by atoms with van der Waals surface area (Å²) >= 11 is 0. The molecule has 0 aromatic carbocycles. The summed E-state index contributed by atoms with van der Waals surface area (Å²) in [5.41, 5.74) is 0. The molecule has 1 amide bonds. The van der Waals surface area contributed by atoms with Crippen molar-refractivity contribution >= 4 is 24.3 Å². The highest BCUT2D eigenvalue weighted by atomic mass is 35.5. The molecule has 0 aliphatic carbocycles. The third-order valence-corrected chi connectivity index (χ3v) is 3.77. The van der Waals surface area contributed by atoms with Crippen molar-refractivity contribution in [1.29, 1.82) is 0 Å². The van der Waals surface area contributed by atoms with Gasteiger partial charge in [0.25, 0.3) is 0 Å². The topological polar surface area (TPSA) is 67.4 Å². The molecule has 6 heteroatoms. The summed E-state index contributed by atoms with van der Waals surface area (Å²) in [5, 5.41) is 6.13. The molecule has 1 aliphatic rings. The summed E-state index contributed by atoms with van der Waals surface area (Å²) in [6.07, 6.45) is 4.30. The van der Waals surface area contributed by atoms with Gasteiger partial charge in [-0.05, 0) is 50.6 Å². The first-order valence-electron chi connectivity index (χ1n) is 7.60. The molecular formula is C15H29ClN2O3. The summed E-state index contributed by atoms with van der Waals surface area (Å²) in [5.74, 6) is 0.570. The minimum atomic E-state index is -0.513. The van der Waals surface area contributed by atoms with Crippen LogP contribution < -0.4 is 10.6 Å². The third kappa shape index (κ3) is 8.27. The maximum Gasteiger partial charge on any atom is 0.328 e. The number of hydrogen-bond acceptors (Lipinski definition) is 4. The van der Waals surface area contributed by atoms with Crippen LogP contribution in [-0.2, 0) is 14.3 Å². The fraction of sp³-hybridized carbons (Fsp3) is 0.867. The normalized spacial score (nSPS) is 17.0. The molecule has 0 saturated carbocycles. The van der Waals surface area contributed by atoms with E-state index in [9.17, 15) is 9.59 Å². The summed E-state index contributed by atoms with van der Waals surface area (Å²) in [4.78, 5) is 23.6. The van der Waals surface area contributed by atoms with Gasteiger partial charge in [-0.25, -0.2) is 4.79 Å². The monoisotopic (exact) mass is 320 g/mol. The lowest BCUT2D eigenvalue weighted by Gasteiger charge is -2.23. The molecule has 1 saturated heterocycles. The quantitative estimate of drug-likeness (QED) is 0.703. The van der Waals surface area contributed by atoms with Gasteiger partial charge in [-0.1, -0.05) is 13.8 Å². The van der Waals surface area contributed by atoms with E-state index in [1.807, 2.05) is 13.8 Å². The van der Waals surface area contributed by atoms with E-state index in [1.54, 1.807) is 0 Å². The lowest BCUT2D eigenvalue weighted by atomic mass is 9.93. The number of halogens is 1. The van der Waals surface area contributed by atoms with Gasteiger partial charge in [0.2, 0.25) is 5.91 Å². The lowest BCUT2D eigenvalue weighted by molar-refractivity contribution is -0.145. The van der Waals surface area contributed by atoms with E-state index in [0.29, 0.717) is 24.7 Å². The van der Waals surface area contributed by atoms with Crippen LogP contribution in [0.5, 0.6) is 0 Å². The first kappa shape index (κ1) is 20.2. The maximum atomic E-state index is 12.0. The first-order chi connectivity index (χ1) is 9.52. The summed E-state index contributed by atoms with van der Waals surface area (Å²) in [6.45, 7) is 6.14. The van der Waals surface area contributed by atoms with Crippen LogP contribution in [0.4, 0.5) is 0 Å². The van der Waals surface area contributed by atoms with E-state index in [0.717, 1.165) is 32.4 Å². The van der Waals surface area contributed by atoms with Crippen molar-refractivity contribution in [2.24, 2.45) is 11.8 Å². The third-order valence-electron chi connectivity index (χ3n) is 3.77. The molecule has 1 heterocycles. The van der Waals surface area contributed by atoms with Crippen molar-refractivity contribution in [2.75, 3.05) is 20.2 Å². The number of esters is 1. The average Bonchev–Trinajstić information content (AvgIpc) is 2.44. The standard InChI is InChI=1S/C15H28N2O3.ClH/c1-11(2)10-13(15(19)20-3)17-14(18)5-4-12-6-8-16-9-7-12;/h11-13,16H,4-10H2,1-3H3,(H,17,18);1H. The largest absolute Gasteiger partial charge is 0.467 e. The maximum absolute atomic E-state index is 12.0. The van der Waals surface area contributed by atoms with E-state index in [-0.39, 0.29) is 24.3 Å². The van der Waals surface area contributed by atoms with Crippen LogP contribution in [0, 0.1) is 11.8 Å². The SMILES string of the molecule is COC(=O)C(CC(C)C)NC(=O)CCC1CCNCC1.Cl. The Morgan fingerprint density at radius 1 is 1.29 bits per heavy atom. The number of carbonyl (C=O) groups is 2. The Labute approximate surface area is 134 Å².